The summed E-state index contributed by atoms with van der Waals surface area (Å²) in [5.41, 5.74) is 0.0366. The van der Waals surface area contributed by atoms with Crippen LogP contribution >= 0.6 is 15.9 Å². The number of rotatable bonds is 1. The highest BCUT2D eigenvalue weighted by atomic mass is 79.9. The molecule has 1 atom stereocenters. The van der Waals surface area contributed by atoms with Crippen LogP contribution in [0.2, 0.25) is 0 Å². The third kappa shape index (κ3) is 3.53. The van der Waals surface area contributed by atoms with Crippen LogP contribution in [0.1, 0.15) is 25.8 Å². The second-order valence-electron chi connectivity index (χ2n) is 3.38. The molecular weight excluding hydrogens is 240 g/mol. The van der Waals surface area contributed by atoms with Crippen LogP contribution in [-0.2, 0) is 0 Å². The molecule has 0 aliphatic rings. The molecule has 0 radical (unpaired) electrons. The second kappa shape index (κ2) is 4.63. The molecule has 1 unspecified atom stereocenters. The fraction of sp³-hybridized carbons (Fsp3) is 0.333. The maximum absolute atomic E-state index is 9.66. The smallest absolute Gasteiger partial charge is 0.122 e. The molecule has 1 rings (SSSR count). The van der Waals surface area contributed by atoms with Crippen molar-refractivity contribution in [1.82, 2.24) is 0 Å². The summed E-state index contributed by atoms with van der Waals surface area (Å²) < 4.78 is 1.03. The molecule has 0 saturated carbocycles. The SMILES string of the molecule is CCC(C)(O)C#Cc1ccc(Br)cc1. The Labute approximate surface area is 93.3 Å². The number of aliphatic hydroxyl groups is 1. The first kappa shape index (κ1) is 11.3. The maximum atomic E-state index is 9.66. The lowest BCUT2D eigenvalue weighted by molar-refractivity contribution is 0.118. The van der Waals surface area contributed by atoms with Crippen molar-refractivity contribution >= 4 is 15.9 Å². The minimum Gasteiger partial charge on any atom is -0.378 e. The van der Waals surface area contributed by atoms with Crippen LogP contribution in [-0.4, -0.2) is 10.7 Å². The van der Waals surface area contributed by atoms with Crippen molar-refractivity contribution in [3.63, 3.8) is 0 Å². The highest BCUT2D eigenvalue weighted by molar-refractivity contribution is 9.10. The van der Waals surface area contributed by atoms with Gasteiger partial charge < -0.3 is 5.11 Å². The van der Waals surface area contributed by atoms with Crippen LogP contribution in [0.5, 0.6) is 0 Å². The van der Waals surface area contributed by atoms with Gasteiger partial charge in [-0.15, -0.1) is 0 Å². The van der Waals surface area contributed by atoms with Crippen LogP contribution in [0.4, 0.5) is 0 Å². The van der Waals surface area contributed by atoms with E-state index in [1.165, 1.54) is 0 Å². The Hall–Kier alpha value is -0.780. The molecule has 0 aliphatic heterocycles. The minimum atomic E-state index is -0.882. The average Bonchev–Trinajstić information content (AvgIpc) is 2.17. The Morgan fingerprint density at radius 3 is 2.43 bits per heavy atom. The Morgan fingerprint density at radius 2 is 1.93 bits per heavy atom. The quantitative estimate of drug-likeness (QED) is 0.763. The van der Waals surface area contributed by atoms with E-state index in [2.05, 4.69) is 27.8 Å². The summed E-state index contributed by atoms with van der Waals surface area (Å²) >= 11 is 3.35. The standard InChI is InChI=1S/C12H13BrO/c1-3-12(2,14)9-8-10-4-6-11(13)7-5-10/h4-7,14H,3H2,1-2H3. The van der Waals surface area contributed by atoms with Gasteiger partial charge in [0, 0.05) is 10.0 Å². The van der Waals surface area contributed by atoms with E-state index in [-0.39, 0.29) is 0 Å². The van der Waals surface area contributed by atoms with E-state index < -0.39 is 5.60 Å². The first-order valence-corrected chi connectivity index (χ1v) is 5.34. The van der Waals surface area contributed by atoms with Crippen LogP contribution in [0, 0.1) is 11.8 Å². The van der Waals surface area contributed by atoms with Crippen molar-refractivity contribution in [3.05, 3.63) is 34.3 Å². The first-order chi connectivity index (χ1) is 6.53. The second-order valence-corrected chi connectivity index (χ2v) is 4.30. The predicted octanol–water partition coefficient (Wildman–Crippen LogP) is 2.96. The Balaban J connectivity index is 2.83. The minimum absolute atomic E-state index is 0.635. The van der Waals surface area contributed by atoms with Gasteiger partial charge in [-0.2, -0.15) is 0 Å². The van der Waals surface area contributed by atoms with Crippen LogP contribution in [0.3, 0.4) is 0 Å². The molecule has 2 heteroatoms. The van der Waals surface area contributed by atoms with E-state index in [4.69, 9.17) is 0 Å². The molecule has 0 bridgehead atoms. The van der Waals surface area contributed by atoms with Crippen molar-refractivity contribution in [2.45, 2.75) is 25.9 Å². The van der Waals surface area contributed by atoms with Gasteiger partial charge >= 0.3 is 0 Å². The molecule has 0 spiro atoms. The predicted molar refractivity (Wildman–Crippen MR) is 61.9 cm³/mol. The van der Waals surface area contributed by atoms with Crippen LogP contribution in [0.25, 0.3) is 0 Å². The van der Waals surface area contributed by atoms with Gasteiger partial charge in [-0.25, -0.2) is 0 Å². The zero-order valence-corrected chi connectivity index (χ0v) is 9.93. The number of hydrogen-bond acceptors (Lipinski definition) is 1. The largest absolute Gasteiger partial charge is 0.378 e. The molecule has 0 aromatic heterocycles. The lowest BCUT2D eigenvalue weighted by Gasteiger charge is -2.11. The van der Waals surface area contributed by atoms with Gasteiger partial charge in [-0.05, 0) is 37.6 Å². The Bertz CT molecular complexity index is 354. The molecule has 0 heterocycles. The van der Waals surface area contributed by atoms with Gasteiger partial charge in [0.15, 0.2) is 0 Å². The molecule has 14 heavy (non-hydrogen) atoms. The molecule has 74 valence electrons. The third-order valence-electron chi connectivity index (χ3n) is 2.01. The lowest BCUT2D eigenvalue weighted by Crippen LogP contribution is -2.19. The molecule has 0 fully saturated rings. The summed E-state index contributed by atoms with van der Waals surface area (Å²) in [4.78, 5) is 0. The zero-order chi connectivity index (χ0) is 10.6. The molecule has 0 saturated heterocycles. The molecule has 0 aliphatic carbocycles. The summed E-state index contributed by atoms with van der Waals surface area (Å²) in [6, 6.07) is 7.71. The van der Waals surface area contributed by atoms with Crippen LogP contribution < -0.4 is 0 Å². The molecule has 0 amide bonds. The van der Waals surface area contributed by atoms with Gasteiger partial charge in [0.2, 0.25) is 0 Å². The van der Waals surface area contributed by atoms with Gasteiger partial charge in [0.1, 0.15) is 5.60 Å². The summed E-state index contributed by atoms with van der Waals surface area (Å²) in [6.07, 6.45) is 0.635. The van der Waals surface area contributed by atoms with E-state index in [9.17, 15) is 5.11 Å². The van der Waals surface area contributed by atoms with Gasteiger partial charge in [0.05, 0.1) is 0 Å². The Kier molecular flexibility index (Phi) is 3.74. The highest BCUT2D eigenvalue weighted by Crippen LogP contribution is 2.10. The molecule has 1 nitrogen and oxygen atoms in total. The Morgan fingerprint density at radius 1 is 1.36 bits per heavy atom. The fourth-order valence-corrected chi connectivity index (χ4v) is 1.09. The van der Waals surface area contributed by atoms with E-state index in [0.717, 1.165) is 10.0 Å². The van der Waals surface area contributed by atoms with Crippen molar-refractivity contribution in [3.8, 4) is 11.8 Å². The fourth-order valence-electron chi connectivity index (χ4n) is 0.828. The van der Waals surface area contributed by atoms with Crippen molar-refractivity contribution in [1.29, 1.82) is 0 Å². The van der Waals surface area contributed by atoms with Crippen molar-refractivity contribution in [2.24, 2.45) is 0 Å². The highest BCUT2D eigenvalue weighted by Gasteiger charge is 2.11. The van der Waals surface area contributed by atoms with Gasteiger partial charge in [-0.3, -0.25) is 0 Å². The summed E-state index contributed by atoms with van der Waals surface area (Å²) in [6.45, 7) is 3.63. The monoisotopic (exact) mass is 252 g/mol. The number of hydrogen-bond donors (Lipinski definition) is 1. The van der Waals surface area contributed by atoms with Gasteiger partial charge in [0.25, 0.3) is 0 Å². The van der Waals surface area contributed by atoms with E-state index >= 15 is 0 Å². The molecule has 1 N–H and O–H groups in total. The zero-order valence-electron chi connectivity index (χ0n) is 8.34. The summed E-state index contributed by atoms with van der Waals surface area (Å²) in [5, 5.41) is 9.66. The third-order valence-corrected chi connectivity index (χ3v) is 2.54. The first-order valence-electron chi connectivity index (χ1n) is 4.54. The van der Waals surface area contributed by atoms with E-state index in [1.54, 1.807) is 6.92 Å². The van der Waals surface area contributed by atoms with Crippen LogP contribution in [0.15, 0.2) is 28.7 Å². The molecular formula is C12H13BrO. The topological polar surface area (TPSA) is 20.2 Å². The number of benzene rings is 1. The van der Waals surface area contributed by atoms with Crippen molar-refractivity contribution < 1.29 is 5.11 Å². The van der Waals surface area contributed by atoms with Gasteiger partial charge in [-0.1, -0.05) is 34.7 Å². The maximum Gasteiger partial charge on any atom is 0.122 e. The molecule has 1 aromatic carbocycles. The number of halogens is 1. The van der Waals surface area contributed by atoms with E-state index in [0.29, 0.717) is 6.42 Å². The summed E-state index contributed by atoms with van der Waals surface area (Å²) in [5.74, 6) is 5.78. The lowest BCUT2D eigenvalue weighted by atomic mass is 10.0. The molecule has 1 aromatic rings. The average molecular weight is 253 g/mol. The summed E-state index contributed by atoms with van der Waals surface area (Å²) in [7, 11) is 0. The van der Waals surface area contributed by atoms with E-state index in [1.807, 2.05) is 31.2 Å². The van der Waals surface area contributed by atoms with Crippen molar-refractivity contribution in [2.75, 3.05) is 0 Å². The normalized spacial score (nSPS) is 14.0.